The maximum absolute atomic E-state index is 12.3. The maximum atomic E-state index is 12.3. The average Bonchev–Trinajstić information content (AvgIpc) is 2.53. The molecular formula is C19H21ClN2O3. The first-order valence-electron chi connectivity index (χ1n) is 7.77. The largest absolute Gasteiger partial charge is 0.495 e. The van der Waals surface area contributed by atoms with Gasteiger partial charge in [-0.1, -0.05) is 29.3 Å². The Morgan fingerprint density at radius 3 is 2.00 bits per heavy atom. The van der Waals surface area contributed by atoms with E-state index in [2.05, 4.69) is 10.6 Å². The summed E-state index contributed by atoms with van der Waals surface area (Å²) in [6.07, 6.45) is 0. The van der Waals surface area contributed by atoms with Crippen molar-refractivity contribution in [1.29, 1.82) is 0 Å². The van der Waals surface area contributed by atoms with Crippen molar-refractivity contribution in [3.8, 4) is 5.75 Å². The molecule has 6 heteroatoms. The topological polar surface area (TPSA) is 67.4 Å². The Morgan fingerprint density at radius 1 is 0.880 bits per heavy atom. The number of hydrogen-bond acceptors (Lipinski definition) is 3. The van der Waals surface area contributed by atoms with Crippen LogP contribution >= 0.6 is 11.6 Å². The predicted molar refractivity (Wildman–Crippen MR) is 101 cm³/mol. The molecule has 0 aromatic heterocycles. The highest BCUT2D eigenvalue weighted by Crippen LogP contribution is 2.31. The monoisotopic (exact) mass is 360 g/mol. The van der Waals surface area contributed by atoms with E-state index in [1.807, 2.05) is 32.9 Å². The van der Waals surface area contributed by atoms with Crippen LogP contribution in [0, 0.1) is 27.7 Å². The van der Waals surface area contributed by atoms with Gasteiger partial charge in [-0.25, -0.2) is 0 Å². The molecule has 2 rings (SSSR count). The molecule has 0 heterocycles. The number of nitrogens with one attached hydrogen (secondary N) is 2. The number of methoxy groups -OCH3 is 1. The van der Waals surface area contributed by atoms with Crippen LogP contribution in [0.25, 0.3) is 0 Å². The van der Waals surface area contributed by atoms with E-state index in [1.165, 1.54) is 7.11 Å². The van der Waals surface area contributed by atoms with Gasteiger partial charge in [-0.3, -0.25) is 9.59 Å². The Labute approximate surface area is 152 Å². The first-order valence-corrected chi connectivity index (χ1v) is 8.15. The van der Waals surface area contributed by atoms with Gasteiger partial charge in [0, 0.05) is 16.8 Å². The lowest BCUT2D eigenvalue weighted by Crippen LogP contribution is -2.29. The summed E-state index contributed by atoms with van der Waals surface area (Å²) in [5.41, 5.74) is 4.70. The van der Waals surface area contributed by atoms with E-state index in [9.17, 15) is 9.59 Å². The minimum Gasteiger partial charge on any atom is -0.495 e. The quantitative estimate of drug-likeness (QED) is 0.807. The van der Waals surface area contributed by atoms with Crippen LogP contribution in [-0.2, 0) is 9.59 Å². The summed E-state index contributed by atoms with van der Waals surface area (Å²) in [6.45, 7) is 7.56. The number of anilines is 2. The van der Waals surface area contributed by atoms with E-state index >= 15 is 0 Å². The molecule has 0 unspecified atom stereocenters. The smallest absolute Gasteiger partial charge is 0.314 e. The van der Waals surface area contributed by atoms with Gasteiger partial charge in [0.1, 0.15) is 5.75 Å². The standard InChI is InChI=1S/C19H21ClN2O3/c1-10-6-12(3)17(13(4)7-10)22-19(24)18(23)21-15-8-11(2)14(20)9-16(15)25-5/h6-9H,1-5H3,(H,21,23)(H,22,24). The molecule has 0 atom stereocenters. The molecule has 0 radical (unpaired) electrons. The molecule has 2 aromatic rings. The number of carbonyl (C=O) groups is 2. The van der Waals surface area contributed by atoms with Gasteiger partial charge in [0.2, 0.25) is 0 Å². The number of benzene rings is 2. The molecule has 2 amide bonds. The number of hydrogen-bond donors (Lipinski definition) is 2. The van der Waals surface area contributed by atoms with Crippen molar-refractivity contribution < 1.29 is 14.3 Å². The molecule has 0 aliphatic rings. The van der Waals surface area contributed by atoms with Gasteiger partial charge >= 0.3 is 11.8 Å². The molecule has 132 valence electrons. The molecule has 0 spiro atoms. The van der Waals surface area contributed by atoms with Gasteiger partial charge in [0.15, 0.2) is 0 Å². The number of rotatable bonds is 3. The van der Waals surface area contributed by atoms with E-state index in [1.54, 1.807) is 19.1 Å². The fourth-order valence-electron chi connectivity index (χ4n) is 2.66. The van der Waals surface area contributed by atoms with Crippen molar-refractivity contribution in [3.05, 3.63) is 51.5 Å². The van der Waals surface area contributed by atoms with E-state index in [-0.39, 0.29) is 0 Å². The minimum absolute atomic E-state index is 0.388. The van der Waals surface area contributed by atoms with Crippen molar-refractivity contribution in [2.24, 2.45) is 0 Å². The lowest BCUT2D eigenvalue weighted by molar-refractivity contribution is -0.133. The summed E-state index contributed by atoms with van der Waals surface area (Å²) in [6, 6.07) is 7.16. The molecule has 0 aliphatic carbocycles. The summed E-state index contributed by atoms with van der Waals surface area (Å²) in [5, 5.41) is 5.76. The van der Waals surface area contributed by atoms with Crippen LogP contribution in [0.3, 0.4) is 0 Å². The van der Waals surface area contributed by atoms with Gasteiger partial charge in [0.05, 0.1) is 12.8 Å². The maximum Gasteiger partial charge on any atom is 0.314 e. The van der Waals surface area contributed by atoms with E-state index in [4.69, 9.17) is 16.3 Å². The molecule has 5 nitrogen and oxygen atoms in total. The van der Waals surface area contributed by atoms with Crippen LogP contribution in [0.2, 0.25) is 5.02 Å². The van der Waals surface area contributed by atoms with Crippen molar-refractivity contribution in [3.63, 3.8) is 0 Å². The average molecular weight is 361 g/mol. The van der Waals surface area contributed by atoms with Crippen molar-refractivity contribution in [2.45, 2.75) is 27.7 Å². The van der Waals surface area contributed by atoms with Crippen molar-refractivity contribution >= 4 is 34.8 Å². The second-order valence-corrected chi connectivity index (χ2v) is 6.39. The van der Waals surface area contributed by atoms with E-state index in [0.29, 0.717) is 22.1 Å². The molecule has 0 saturated carbocycles. The molecule has 25 heavy (non-hydrogen) atoms. The fraction of sp³-hybridized carbons (Fsp3) is 0.263. The number of carbonyl (C=O) groups excluding carboxylic acids is 2. The second kappa shape index (κ2) is 7.57. The molecule has 0 saturated heterocycles. The zero-order valence-electron chi connectivity index (χ0n) is 14.9. The van der Waals surface area contributed by atoms with Gasteiger partial charge in [-0.05, 0) is 50.5 Å². The third-order valence-corrected chi connectivity index (χ3v) is 4.26. The number of ether oxygens (including phenoxy) is 1. The fourth-order valence-corrected chi connectivity index (χ4v) is 2.81. The lowest BCUT2D eigenvalue weighted by atomic mass is 10.1. The molecule has 0 fully saturated rings. The highest BCUT2D eigenvalue weighted by Gasteiger charge is 2.18. The first kappa shape index (κ1) is 18.8. The SMILES string of the molecule is COc1cc(Cl)c(C)cc1NC(=O)C(=O)Nc1c(C)cc(C)cc1C. The van der Waals surface area contributed by atoms with Crippen LogP contribution in [0.5, 0.6) is 5.75 Å². The van der Waals surface area contributed by atoms with Gasteiger partial charge < -0.3 is 15.4 Å². The van der Waals surface area contributed by atoms with E-state index < -0.39 is 11.8 Å². The summed E-state index contributed by atoms with van der Waals surface area (Å²) in [4.78, 5) is 24.5. The van der Waals surface area contributed by atoms with Crippen LogP contribution in [0.4, 0.5) is 11.4 Å². The zero-order valence-corrected chi connectivity index (χ0v) is 15.7. The highest BCUT2D eigenvalue weighted by molar-refractivity contribution is 6.44. The number of aryl methyl sites for hydroxylation is 4. The summed E-state index contributed by atoms with van der Waals surface area (Å²) >= 11 is 6.05. The third-order valence-electron chi connectivity index (χ3n) is 3.85. The van der Waals surface area contributed by atoms with Gasteiger partial charge in [-0.15, -0.1) is 0 Å². The summed E-state index contributed by atoms with van der Waals surface area (Å²) in [5.74, 6) is -1.14. The van der Waals surface area contributed by atoms with Crippen LogP contribution in [-0.4, -0.2) is 18.9 Å². The Hall–Kier alpha value is -2.53. The molecule has 2 aromatic carbocycles. The molecule has 0 bridgehead atoms. The van der Waals surface area contributed by atoms with Crippen molar-refractivity contribution in [2.75, 3.05) is 17.7 Å². The lowest BCUT2D eigenvalue weighted by Gasteiger charge is -2.14. The second-order valence-electron chi connectivity index (χ2n) is 5.98. The van der Waals surface area contributed by atoms with E-state index in [0.717, 1.165) is 22.3 Å². The van der Waals surface area contributed by atoms with Gasteiger partial charge in [0.25, 0.3) is 0 Å². The zero-order chi connectivity index (χ0) is 18.7. The summed E-state index contributed by atoms with van der Waals surface area (Å²) < 4.78 is 5.20. The normalized spacial score (nSPS) is 10.3. The Kier molecular flexibility index (Phi) is 5.69. The Bertz CT molecular complexity index is 824. The number of amides is 2. The van der Waals surface area contributed by atoms with Gasteiger partial charge in [-0.2, -0.15) is 0 Å². The van der Waals surface area contributed by atoms with Crippen molar-refractivity contribution in [1.82, 2.24) is 0 Å². The van der Waals surface area contributed by atoms with Crippen LogP contribution in [0.1, 0.15) is 22.3 Å². The van der Waals surface area contributed by atoms with Crippen LogP contribution in [0.15, 0.2) is 24.3 Å². The first-order chi connectivity index (χ1) is 11.7. The highest BCUT2D eigenvalue weighted by atomic mass is 35.5. The molecular weight excluding hydrogens is 340 g/mol. The third kappa shape index (κ3) is 4.31. The minimum atomic E-state index is -0.778. The molecule has 0 aliphatic heterocycles. The predicted octanol–water partition coefficient (Wildman–Crippen LogP) is 4.16. The Morgan fingerprint density at radius 2 is 1.44 bits per heavy atom. The molecule has 2 N–H and O–H groups in total. The Balaban J connectivity index is 2.20. The van der Waals surface area contributed by atoms with Crippen LogP contribution < -0.4 is 15.4 Å². The number of halogens is 1. The summed E-state index contributed by atoms with van der Waals surface area (Å²) in [7, 11) is 1.47.